The number of nitrogens with one attached hydrogen (secondary N) is 1. The Morgan fingerprint density at radius 3 is 2.67 bits per heavy atom. The lowest BCUT2D eigenvalue weighted by Gasteiger charge is -2.27. The Kier molecular flexibility index (Phi) is 5.87. The summed E-state index contributed by atoms with van der Waals surface area (Å²) in [6.07, 6.45) is 4.33. The SMILES string of the molecule is CC1CCC(CC(CNC(C)(C)C)c2cccc(Br)c2)O1. The molecule has 0 spiro atoms. The maximum Gasteiger partial charge on any atom is 0.0586 e. The van der Waals surface area contributed by atoms with Crippen LogP contribution in [0.4, 0.5) is 0 Å². The molecule has 21 heavy (non-hydrogen) atoms. The molecule has 3 unspecified atom stereocenters. The normalized spacial score (nSPS) is 24.2. The van der Waals surface area contributed by atoms with E-state index in [0.29, 0.717) is 18.1 Å². The highest BCUT2D eigenvalue weighted by Gasteiger charge is 2.26. The van der Waals surface area contributed by atoms with Crippen LogP contribution in [0, 0.1) is 0 Å². The highest BCUT2D eigenvalue weighted by molar-refractivity contribution is 9.10. The summed E-state index contributed by atoms with van der Waals surface area (Å²) in [7, 11) is 0. The average molecular weight is 354 g/mol. The molecule has 1 aliphatic heterocycles. The molecule has 0 radical (unpaired) electrons. The molecule has 1 N–H and O–H groups in total. The second-order valence-electron chi connectivity index (χ2n) is 7.26. The number of benzene rings is 1. The molecule has 3 heteroatoms. The monoisotopic (exact) mass is 353 g/mol. The fourth-order valence-corrected chi connectivity index (χ4v) is 3.32. The van der Waals surface area contributed by atoms with Crippen molar-refractivity contribution >= 4 is 15.9 Å². The topological polar surface area (TPSA) is 21.3 Å². The van der Waals surface area contributed by atoms with Crippen LogP contribution in [0.2, 0.25) is 0 Å². The average Bonchev–Trinajstić information content (AvgIpc) is 2.79. The van der Waals surface area contributed by atoms with Crippen molar-refractivity contribution in [3.05, 3.63) is 34.3 Å². The first kappa shape index (κ1) is 17.0. The quantitative estimate of drug-likeness (QED) is 0.814. The predicted octanol–water partition coefficient (Wildman–Crippen LogP) is 4.88. The van der Waals surface area contributed by atoms with Crippen molar-refractivity contribution in [1.29, 1.82) is 0 Å². The minimum Gasteiger partial charge on any atom is -0.375 e. The van der Waals surface area contributed by atoms with Crippen LogP contribution in [0.15, 0.2) is 28.7 Å². The third-order valence-corrected chi connectivity index (χ3v) is 4.56. The molecular formula is C18H28BrNO. The van der Waals surface area contributed by atoms with Crippen LogP contribution in [0.5, 0.6) is 0 Å². The van der Waals surface area contributed by atoms with Crippen molar-refractivity contribution in [2.75, 3.05) is 6.54 Å². The lowest BCUT2D eigenvalue weighted by Crippen LogP contribution is -2.39. The van der Waals surface area contributed by atoms with Gasteiger partial charge in [-0.1, -0.05) is 28.1 Å². The molecule has 1 aromatic rings. The summed E-state index contributed by atoms with van der Waals surface area (Å²) in [5.41, 5.74) is 1.54. The molecule has 0 saturated carbocycles. The number of halogens is 1. The van der Waals surface area contributed by atoms with Crippen molar-refractivity contribution < 1.29 is 4.74 Å². The molecule has 1 heterocycles. The number of rotatable bonds is 5. The molecule has 2 nitrogen and oxygen atoms in total. The summed E-state index contributed by atoms with van der Waals surface area (Å²) < 4.78 is 7.19. The van der Waals surface area contributed by atoms with Crippen LogP contribution < -0.4 is 5.32 Å². The highest BCUT2D eigenvalue weighted by atomic mass is 79.9. The van der Waals surface area contributed by atoms with E-state index in [-0.39, 0.29) is 5.54 Å². The van der Waals surface area contributed by atoms with E-state index in [2.05, 4.69) is 73.2 Å². The fraction of sp³-hybridized carbons (Fsp3) is 0.667. The van der Waals surface area contributed by atoms with E-state index in [1.54, 1.807) is 0 Å². The third-order valence-electron chi connectivity index (χ3n) is 4.07. The van der Waals surface area contributed by atoms with Crippen LogP contribution in [0.3, 0.4) is 0 Å². The third kappa shape index (κ3) is 5.72. The van der Waals surface area contributed by atoms with E-state index < -0.39 is 0 Å². The van der Waals surface area contributed by atoms with Crippen LogP contribution in [-0.2, 0) is 4.74 Å². The van der Waals surface area contributed by atoms with E-state index in [9.17, 15) is 0 Å². The van der Waals surface area contributed by atoms with Crippen molar-refractivity contribution in [2.24, 2.45) is 0 Å². The van der Waals surface area contributed by atoms with E-state index in [4.69, 9.17) is 4.74 Å². The van der Waals surface area contributed by atoms with Gasteiger partial charge in [-0.25, -0.2) is 0 Å². The summed E-state index contributed by atoms with van der Waals surface area (Å²) in [5.74, 6) is 0.497. The standard InChI is InChI=1S/C18H28BrNO/c1-13-8-9-17(21-13)11-15(12-20-18(2,3)4)14-6-5-7-16(19)10-14/h5-7,10,13,15,17,20H,8-9,11-12H2,1-4H3. The van der Waals surface area contributed by atoms with E-state index in [1.165, 1.54) is 18.4 Å². The smallest absolute Gasteiger partial charge is 0.0586 e. The summed E-state index contributed by atoms with van der Waals surface area (Å²) >= 11 is 3.59. The zero-order valence-electron chi connectivity index (χ0n) is 13.7. The van der Waals surface area contributed by atoms with Gasteiger partial charge < -0.3 is 10.1 Å². The van der Waals surface area contributed by atoms with Gasteiger partial charge in [0.2, 0.25) is 0 Å². The molecule has 1 aliphatic rings. The molecule has 1 aromatic carbocycles. The number of hydrogen-bond donors (Lipinski definition) is 1. The second kappa shape index (κ2) is 7.26. The van der Waals surface area contributed by atoms with E-state index in [0.717, 1.165) is 17.4 Å². The van der Waals surface area contributed by atoms with Gasteiger partial charge in [0.15, 0.2) is 0 Å². The number of ether oxygens (including phenoxy) is 1. The highest BCUT2D eigenvalue weighted by Crippen LogP contribution is 2.30. The maximum atomic E-state index is 6.04. The van der Waals surface area contributed by atoms with E-state index >= 15 is 0 Å². The molecule has 0 bridgehead atoms. The lowest BCUT2D eigenvalue weighted by molar-refractivity contribution is 0.0462. The molecule has 0 aromatic heterocycles. The van der Waals surface area contributed by atoms with Gasteiger partial charge in [-0.05, 0) is 70.6 Å². The Bertz CT molecular complexity index is 455. The summed E-state index contributed by atoms with van der Waals surface area (Å²) in [6, 6.07) is 8.69. The van der Waals surface area contributed by atoms with Crippen molar-refractivity contribution in [3.8, 4) is 0 Å². The van der Waals surface area contributed by atoms with E-state index in [1.807, 2.05) is 0 Å². The summed E-state index contributed by atoms with van der Waals surface area (Å²) in [4.78, 5) is 0. The Balaban J connectivity index is 2.06. The zero-order valence-corrected chi connectivity index (χ0v) is 15.2. The largest absolute Gasteiger partial charge is 0.375 e. The van der Waals surface area contributed by atoms with Gasteiger partial charge in [-0.3, -0.25) is 0 Å². The summed E-state index contributed by atoms with van der Waals surface area (Å²) in [5, 5.41) is 3.65. The zero-order chi connectivity index (χ0) is 15.5. The maximum absolute atomic E-state index is 6.04. The minimum absolute atomic E-state index is 0.147. The molecule has 2 rings (SSSR count). The Morgan fingerprint density at radius 2 is 2.10 bits per heavy atom. The Hall–Kier alpha value is -0.380. The molecule has 1 fully saturated rings. The summed E-state index contributed by atoms with van der Waals surface area (Å²) in [6.45, 7) is 9.84. The Morgan fingerprint density at radius 1 is 1.33 bits per heavy atom. The van der Waals surface area contributed by atoms with Crippen LogP contribution in [0.25, 0.3) is 0 Å². The first-order valence-corrected chi connectivity index (χ1v) is 8.79. The first-order chi connectivity index (χ1) is 9.83. The van der Waals surface area contributed by atoms with Crippen molar-refractivity contribution in [3.63, 3.8) is 0 Å². The predicted molar refractivity (Wildman–Crippen MR) is 92.8 cm³/mol. The van der Waals surface area contributed by atoms with Crippen LogP contribution >= 0.6 is 15.9 Å². The van der Waals surface area contributed by atoms with Crippen LogP contribution in [0.1, 0.15) is 58.4 Å². The lowest BCUT2D eigenvalue weighted by atomic mass is 9.91. The fourth-order valence-electron chi connectivity index (χ4n) is 2.90. The van der Waals surface area contributed by atoms with Gasteiger partial charge in [-0.2, -0.15) is 0 Å². The minimum atomic E-state index is 0.147. The van der Waals surface area contributed by atoms with Crippen molar-refractivity contribution in [1.82, 2.24) is 5.32 Å². The molecular weight excluding hydrogens is 326 g/mol. The second-order valence-corrected chi connectivity index (χ2v) is 8.18. The van der Waals surface area contributed by atoms with Gasteiger partial charge in [0.1, 0.15) is 0 Å². The van der Waals surface area contributed by atoms with Gasteiger partial charge in [-0.15, -0.1) is 0 Å². The molecule has 3 atom stereocenters. The van der Waals surface area contributed by atoms with Crippen LogP contribution in [-0.4, -0.2) is 24.3 Å². The number of hydrogen-bond acceptors (Lipinski definition) is 2. The van der Waals surface area contributed by atoms with Crippen molar-refractivity contribution in [2.45, 2.75) is 70.6 Å². The van der Waals surface area contributed by atoms with Gasteiger partial charge in [0.05, 0.1) is 12.2 Å². The Labute approximate surface area is 137 Å². The van der Waals surface area contributed by atoms with Gasteiger partial charge in [0, 0.05) is 16.6 Å². The molecule has 1 saturated heterocycles. The van der Waals surface area contributed by atoms with Gasteiger partial charge >= 0.3 is 0 Å². The molecule has 0 aliphatic carbocycles. The molecule has 118 valence electrons. The van der Waals surface area contributed by atoms with Gasteiger partial charge in [0.25, 0.3) is 0 Å². The first-order valence-electron chi connectivity index (χ1n) is 7.99. The molecule has 0 amide bonds.